The van der Waals surface area contributed by atoms with Gasteiger partial charge in [-0.3, -0.25) is 4.79 Å². The van der Waals surface area contributed by atoms with Crippen LogP contribution in [-0.2, 0) is 39.8 Å². The van der Waals surface area contributed by atoms with Crippen molar-refractivity contribution in [2.24, 2.45) is 56.7 Å². The summed E-state index contributed by atoms with van der Waals surface area (Å²) in [6.45, 7) is 21.5. The second-order valence-corrected chi connectivity index (χ2v) is 25.3. The summed E-state index contributed by atoms with van der Waals surface area (Å²) in [5.74, 6) is 1.56. The largest absolute Gasteiger partial charge is 0.394 e. The van der Waals surface area contributed by atoms with E-state index in [0.29, 0.717) is 29.8 Å². The Labute approximate surface area is 430 Å². The average molecular weight is 1030 g/mol. The van der Waals surface area contributed by atoms with Crippen molar-refractivity contribution >= 4 is 17.5 Å². The van der Waals surface area contributed by atoms with Gasteiger partial charge in [0.05, 0.1) is 30.3 Å². The molecule has 72 heavy (non-hydrogen) atoms. The zero-order valence-corrected chi connectivity index (χ0v) is 44.2. The Morgan fingerprint density at radius 1 is 0.694 bits per heavy atom. The van der Waals surface area contributed by atoms with Gasteiger partial charge in [0.15, 0.2) is 18.9 Å². The summed E-state index contributed by atoms with van der Waals surface area (Å²) in [5, 5.41) is 91.2. The van der Waals surface area contributed by atoms with Gasteiger partial charge in [0, 0.05) is 11.6 Å². The van der Waals surface area contributed by atoms with Gasteiger partial charge in [-0.1, -0.05) is 76.6 Å². The van der Waals surface area contributed by atoms with Crippen LogP contribution in [0.4, 0.5) is 0 Å². The maximum Gasteiger partial charge on any atom is 0.226 e. The molecule has 3 saturated heterocycles. The predicted molar refractivity (Wildman–Crippen MR) is 263 cm³/mol. The number of hydrogen-bond donors (Lipinski definition) is 9. The van der Waals surface area contributed by atoms with Crippen LogP contribution in [0.25, 0.3) is 0 Å². The van der Waals surface area contributed by atoms with Crippen LogP contribution in [0.2, 0.25) is 5.02 Å². The molecule has 1 amide bonds. The number of benzene rings is 1. The number of amides is 1. The summed E-state index contributed by atoms with van der Waals surface area (Å²) in [7, 11) is 0. The number of fused-ring (bicyclic) bond motifs is 7. The molecule has 25 atom stereocenters. The van der Waals surface area contributed by atoms with E-state index in [-0.39, 0.29) is 39.9 Å². The molecule has 9 N–H and O–H groups in total. The topological polar surface area (TPSA) is 246 Å². The van der Waals surface area contributed by atoms with E-state index >= 15 is 0 Å². The molecule has 3 heterocycles. The molecule has 1 aromatic carbocycles. The Balaban J connectivity index is 0.959. The molecular formula is C55H84ClNO15. The Bertz CT molecular complexity index is 2130. The number of carbonyl (C=O) groups is 1. The fraction of sp³-hybridized carbons (Fsp3) is 0.836. The minimum Gasteiger partial charge on any atom is -0.394 e. The molecule has 0 radical (unpaired) electrons. The summed E-state index contributed by atoms with van der Waals surface area (Å²) >= 11 is 6.55. The van der Waals surface area contributed by atoms with Gasteiger partial charge in [-0.15, -0.1) is 0 Å². The van der Waals surface area contributed by atoms with Crippen LogP contribution in [0.3, 0.4) is 0 Å². The number of allylic oxidation sites excluding steroid dienone is 1. The van der Waals surface area contributed by atoms with Crippen LogP contribution < -0.4 is 5.32 Å². The molecule has 1 aromatic rings. The molecule has 0 spiro atoms. The van der Waals surface area contributed by atoms with Crippen molar-refractivity contribution in [3.8, 4) is 0 Å². The first-order valence-corrected chi connectivity index (χ1v) is 27.2. The Hall–Kier alpha value is -1.84. The van der Waals surface area contributed by atoms with Crippen molar-refractivity contribution < 1.29 is 74.1 Å². The molecule has 406 valence electrons. The number of carbonyl (C=O) groups excluding carboxylic acids is 1. The summed E-state index contributed by atoms with van der Waals surface area (Å²) in [6.07, 6.45) is -13.2. The maximum atomic E-state index is 14.7. The molecule has 17 heteroatoms. The van der Waals surface area contributed by atoms with E-state index in [4.69, 9.17) is 40.0 Å². The van der Waals surface area contributed by atoms with E-state index in [0.717, 1.165) is 63.4 Å². The normalized spacial score (nSPS) is 51.0. The lowest BCUT2D eigenvalue weighted by atomic mass is 9.32. The fourth-order valence-electron chi connectivity index (χ4n) is 16.9. The SMILES string of the molecule is C=C(C)[C@@H]1CC[C@]2(C(=O)NCc3ccccc3Cl)CC[C@]3(C)[C@H](CC[C@@H]4[C@@]5(C)CC[C@H](O[C@@H]6O[C@H](CO)[C@@H](O[C@@H]7O[C@@H](C)[C@H](O)[C@@H](O)[C@H]7O)[C@H](O)[C@H]6O[C@@H]6O[C@@H](C)[C@H](O)[C@@H](O)[C@H]6O)C(C)(C)[C@@H]5CC[C@]43C)[C@@H]12. The molecule has 0 unspecified atom stereocenters. The lowest BCUT2D eigenvalue weighted by molar-refractivity contribution is -0.393. The molecule has 5 saturated carbocycles. The first-order valence-electron chi connectivity index (χ1n) is 26.8. The van der Waals surface area contributed by atoms with E-state index in [1.165, 1.54) is 19.4 Å². The van der Waals surface area contributed by atoms with Crippen molar-refractivity contribution in [3.63, 3.8) is 0 Å². The second-order valence-electron chi connectivity index (χ2n) is 24.9. The van der Waals surface area contributed by atoms with Crippen molar-refractivity contribution in [2.75, 3.05) is 6.61 Å². The number of aliphatic hydroxyl groups excluding tert-OH is 8. The molecule has 8 aliphatic rings. The van der Waals surface area contributed by atoms with Gasteiger partial charge >= 0.3 is 0 Å². The minimum atomic E-state index is -1.74. The molecule has 3 aliphatic heterocycles. The Morgan fingerprint density at radius 3 is 1.93 bits per heavy atom. The third kappa shape index (κ3) is 8.78. The monoisotopic (exact) mass is 1030 g/mol. The van der Waals surface area contributed by atoms with Crippen molar-refractivity contribution in [3.05, 3.63) is 47.0 Å². The lowest BCUT2D eigenvalue weighted by Gasteiger charge is -2.73. The highest BCUT2D eigenvalue weighted by atomic mass is 35.5. The molecule has 8 fully saturated rings. The van der Waals surface area contributed by atoms with E-state index in [1.807, 2.05) is 24.3 Å². The maximum absolute atomic E-state index is 14.7. The Kier molecular flexibility index (Phi) is 15.4. The van der Waals surface area contributed by atoms with E-state index < -0.39 is 116 Å². The number of hydrogen-bond acceptors (Lipinski definition) is 15. The van der Waals surface area contributed by atoms with Crippen LogP contribution in [0.5, 0.6) is 0 Å². The molecule has 16 nitrogen and oxygen atoms in total. The van der Waals surface area contributed by atoms with Gasteiger partial charge in [-0.05, 0) is 148 Å². The van der Waals surface area contributed by atoms with Gasteiger partial charge in [0.1, 0.15) is 61.0 Å². The van der Waals surface area contributed by atoms with Gasteiger partial charge in [0.2, 0.25) is 5.91 Å². The third-order valence-electron chi connectivity index (χ3n) is 21.1. The standard InChI is InChI=1S/C55H84ClNO15/c1-26(2)30-16-21-55(50(66)57-24-29-12-10-11-13-32(29)56)23-22-53(8)31(37(30)55)14-15-35-52(7)19-18-36(51(5,6)34(52)17-20-54(35,53)9)70-49-46(72-48-43(64)41(62)39(60)28(4)68-48)44(65)45(33(25-58)69-49)71-47-42(63)40(61)38(59)27(3)67-47/h10-13,27-28,30-31,33-49,58-65H,1,14-25H2,2-9H3,(H,57,66)/t27-,28-,30-,31+,33+,34-,35+,36-,37+,38-,39-,40+,41+,42+,43+,44-,45+,46+,47-,48-,49-,52-,53+,54+,55-/m0/s1. The van der Waals surface area contributed by atoms with Gasteiger partial charge in [0.25, 0.3) is 0 Å². The number of nitrogens with one attached hydrogen (secondary N) is 1. The van der Waals surface area contributed by atoms with Crippen LogP contribution in [0.15, 0.2) is 36.4 Å². The van der Waals surface area contributed by atoms with Crippen molar-refractivity contribution in [1.82, 2.24) is 5.32 Å². The molecule has 5 aliphatic carbocycles. The van der Waals surface area contributed by atoms with Crippen LogP contribution >= 0.6 is 11.6 Å². The quantitative estimate of drug-likeness (QED) is 0.109. The predicted octanol–water partition coefficient (Wildman–Crippen LogP) is 4.50. The van der Waals surface area contributed by atoms with E-state index in [2.05, 4.69) is 53.4 Å². The van der Waals surface area contributed by atoms with Crippen molar-refractivity contribution in [2.45, 2.75) is 224 Å². The van der Waals surface area contributed by atoms with Crippen LogP contribution in [0, 0.1) is 56.7 Å². The van der Waals surface area contributed by atoms with Crippen LogP contribution in [-0.4, -0.2) is 152 Å². The van der Waals surface area contributed by atoms with Gasteiger partial charge < -0.3 is 74.6 Å². The highest BCUT2D eigenvalue weighted by Crippen LogP contribution is 2.77. The number of rotatable bonds is 11. The van der Waals surface area contributed by atoms with Crippen LogP contribution in [0.1, 0.15) is 125 Å². The summed E-state index contributed by atoms with van der Waals surface area (Å²) in [4.78, 5) is 14.7. The minimum absolute atomic E-state index is 0.0100. The molecule has 0 bridgehead atoms. The average Bonchev–Trinajstić information content (AvgIpc) is 3.75. The lowest BCUT2D eigenvalue weighted by Crippen LogP contribution is -2.68. The van der Waals surface area contributed by atoms with Gasteiger partial charge in [-0.25, -0.2) is 0 Å². The number of halogens is 1. The zero-order chi connectivity index (χ0) is 52.2. The summed E-state index contributed by atoms with van der Waals surface area (Å²) in [5.41, 5.74) is 1.06. The second kappa shape index (κ2) is 20.2. The van der Waals surface area contributed by atoms with Gasteiger partial charge in [-0.2, -0.15) is 0 Å². The summed E-state index contributed by atoms with van der Waals surface area (Å²) in [6, 6.07) is 7.70. The first kappa shape index (κ1) is 54.9. The number of aliphatic hydroxyl groups is 8. The number of ether oxygens (including phenoxy) is 6. The first-order chi connectivity index (χ1) is 33.9. The molecule has 0 aromatic heterocycles. The van der Waals surface area contributed by atoms with E-state index in [9.17, 15) is 45.6 Å². The van der Waals surface area contributed by atoms with E-state index in [1.54, 1.807) is 0 Å². The van der Waals surface area contributed by atoms with Crippen molar-refractivity contribution in [1.29, 1.82) is 0 Å². The zero-order valence-electron chi connectivity index (χ0n) is 43.4. The molecule has 9 rings (SSSR count). The highest BCUT2D eigenvalue weighted by molar-refractivity contribution is 6.31. The summed E-state index contributed by atoms with van der Waals surface area (Å²) < 4.78 is 37.4. The smallest absolute Gasteiger partial charge is 0.226 e. The third-order valence-corrected chi connectivity index (χ3v) is 21.5. The Morgan fingerprint density at radius 2 is 1.32 bits per heavy atom. The molecular weight excluding hydrogens is 950 g/mol. The highest BCUT2D eigenvalue weighted by Gasteiger charge is 2.72. The fourth-order valence-corrected chi connectivity index (χ4v) is 17.1.